The van der Waals surface area contributed by atoms with E-state index in [0.29, 0.717) is 32.5 Å². The molecule has 0 aromatic rings. The van der Waals surface area contributed by atoms with Crippen LogP contribution in [0.4, 0.5) is 0 Å². The maximum absolute atomic E-state index is 2.69. The van der Waals surface area contributed by atoms with Gasteiger partial charge < -0.3 is 19.6 Å². The molecule has 0 amide bonds. The van der Waals surface area contributed by atoms with Crippen LogP contribution in [0.15, 0.2) is 0 Å². The molecule has 466 valence electrons. The van der Waals surface area contributed by atoms with E-state index in [1.54, 1.807) is 25.7 Å². The normalized spacial score (nSPS) is 20.0. The minimum absolute atomic E-state index is 0.450. The largest absolute Gasteiger partial charge is 0.306 e. The summed E-state index contributed by atoms with van der Waals surface area (Å²) in [5, 5.41) is 0. The van der Waals surface area contributed by atoms with Gasteiger partial charge >= 0.3 is 0 Å². The van der Waals surface area contributed by atoms with Crippen LogP contribution in [0.25, 0.3) is 0 Å². The first-order valence-electron chi connectivity index (χ1n) is 34.2. The Labute approximate surface area is 491 Å². The molecule has 5 aliphatic rings. The lowest BCUT2D eigenvalue weighted by molar-refractivity contribution is 0.0426. The highest BCUT2D eigenvalue weighted by molar-refractivity contribution is 4.90. The smallest absolute Gasteiger partial charge is 0.00953 e. The van der Waals surface area contributed by atoms with E-state index < -0.39 is 0 Å². The number of nitrogens with zero attached hydrogens (tertiary/aromatic N) is 4. The van der Waals surface area contributed by atoms with Crippen LogP contribution in [-0.4, -0.2) is 98.1 Å². The second-order valence-corrected chi connectivity index (χ2v) is 34.0. The van der Waals surface area contributed by atoms with Crippen molar-refractivity contribution in [2.45, 2.75) is 334 Å². The molecule has 2 unspecified atom stereocenters. The molecule has 0 aliphatic heterocycles. The lowest BCUT2D eigenvalue weighted by atomic mass is 9.59. The molecular weight excluding hydrogens is 933 g/mol. The topological polar surface area (TPSA) is 13.0 Å². The highest BCUT2D eigenvalue weighted by Crippen LogP contribution is 2.50. The zero-order valence-electron chi connectivity index (χ0n) is 59.2. The highest BCUT2D eigenvalue weighted by atomic mass is 15.2. The van der Waals surface area contributed by atoms with Crippen LogP contribution < -0.4 is 0 Å². The SMILES string of the molecule is CC(C)(C)CCCC1CCC2CC1C2.CC(C)CCC(C)CC(C)(C)C.CCCCN(C)CCCC(C)(C)C.CCN(CC(C)(C)C)C1CCCCC1.CCN(CC)CC(C)(C)C.CCN(CC1CCCC1)CC(C)(C)C. The average molecular weight is 1090 g/mol. The van der Waals surface area contributed by atoms with Gasteiger partial charge in [0.15, 0.2) is 0 Å². The number of fused-ring (bicyclic) bond motifs is 2. The molecule has 77 heavy (non-hydrogen) atoms. The van der Waals surface area contributed by atoms with Gasteiger partial charge in [-0.3, -0.25) is 0 Å². The average Bonchev–Trinajstić information content (AvgIpc) is 3.80. The van der Waals surface area contributed by atoms with Gasteiger partial charge in [0.2, 0.25) is 0 Å². The van der Waals surface area contributed by atoms with Gasteiger partial charge in [0.25, 0.3) is 0 Å². The van der Waals surface area contributed by atoms with Crippen molar-refractivity contribution in [3.63, 3.8) is 0 Å². The van der Waals surface area contributed by atoms with E-state index in [9.17, 15) is 0 Å². The second kappa shape index (κ2) is 41.0. The summed E-state index contributed by atoms with van der Waals surface area (Å²) in [5.74, 6) is 6.17. The molecule has 5 aliphatic carbocycles. The van der Waals surface area contributed by atoms with E-state index >= 15 is 0 Å². The summed E-state index contributed by atoms with van der Waals surface area (Å²) in [4.78, 5) is 10.2. The molecule has 4 heteroatoms. The van der Waals surface area contributed by atoms with Crippen molar-refractivity contribution in [1.82, 2.24) is 19.6 Å². The Balaban J connectivity index is 0. The van der Waals surface area contributed by atoms with Gasteiger partial charge in [-0.05, 0) is 191 Å². The monoisotopic (exact) mass is 1090 g/mol. The summed E-state index contributed by atoms with van der Waals surface area (Å²) in [6.45, 7) is 72.6. The van der Waals surface area contributed by atoms with Crippen LogP contribution in [0, 0.1) is 68.0 Å². The van der Waals surface area contributed by atoms with Crippen LogP contribution in [0.3, 0.4) is 0 Å². The number of hydrogen-bond donors (Lipinski definition) is 0. The molecule has 0 saturated heterocycles. The number of unbranched alkanes of at least 4 members (excludes halogenated alkanes) is 1. The Hall–Kier alpha value is -0.160. The first kappa shape index (κ1) is 78.9. The Bertz CT molecular complexity index is 1300. The van der Waals surface area contributed by atoms with Crippen LogP contribution in [-0.2, 0) is 0 Å². The van der Waals surface area contributed by atoms with Crippen molar-refractivity contribution in [2.75, 3.05) is 72.5 Å². The van der Waals surface area contributed by atoms with Gasteiger partial charge in [-0.25, -0.2) is 0 Å². The van der Waals surface area contributed by atoms with Crippen molar-refractivity contribution in [3.05, 3.63) is 0 Å². The third-order valence-electron chi connectivity index (χ3n) is 16.8. The molecule has 0 N–H and O–H groups in total. The fourth-order valence-corrected chi connectivity index (χ4v) is 12.8. The van der Waals surface area contributed by atoms with Gasteiger partial charge in [-0.2, -0.15) is 0 Å². The van der Waals surface area contributed by atoms with E-state index in [0.717, 1.165) is 41.5 Å². The van der Waals surface area contributed by atoms with Crippen LogP contribution in [0.1, 0.15) is 328 Å². The predicted molar refractivity (Wildman–Crippen MR) is 355 cm³/mol. The van der Waals surface area contributed by atoms with Crippen molar-refractivity contribution in [3.8, 4) is 0 Å². The standard InChI is InChI=1S/C14H26.2C13H27N.C12H27N.C12H26.C9H21N/c1-14(2,3)8-4-5-12-7-6-11-9-13(12)10-11;1-5-14(11-13(2,3)4)10-12-8-6-7-9-12;1-5-14(11-13(2,3)4)12-9-7-6-8-10-12;1-6-7-10-13(5)11-8-9-12(2,3)4;1-10(2)7-8-11(3)9-12(4,5)6;1-6-10(7-2)8-9(3,4)5/h11-13H,4-10H2,1-3H3;2*12H,5-11H2,1-4H3;6-11H2,1-5H3;10-11H,7-9H2,1-6H3;6-8H2,1-5H3. The lowest BCUT2D eigenvalue weighted by Crippen LogP contribution is -2.41. The van der Waals surface area contributed by atoms with E-state index in [1.165, 1.54) is 187 Å². The van der Waals surface area contributed by atoms with E-state index in [2.05, 4.69) is 207 Å². The maximum atomic E-state index is 2.69. The molecule has 0 aromatic carbocycles. The zero-order valence-corrected chi connectivity index (χ0v) is 59.2. The van der Waals surface area contributed by atoms with Crippen LogP contribution >= 0.6 is 0 Å². The molecule has 5 saturated carbocycles. The van der Waals surface area contributed by atoms with E-state index in [1.807, 2.05) is 0 Å². The first-order valence-corrected chi connectivity index (χ1v) is 34.2. The second-order valence-electron chi connectivity index (χ2n) is 34.0. The van der Waals surface area contributed by atoms with Gasteiger partial charge in [0.1, 0.15) is 0 Å². The molecule has 4 nitrogen and oxygen atoms in total. The fraction of sp³-hybridized carbons (Fsp3) is 1.00. The third-order valence-corrected chi connectivity index (χ3v) is 16.8. The summed E-state index contributed by atoms with van der Waals surface area (Å²) in [6.07, 6.45) is 33.3. The molecular formula is C73H154N4. The summed E-state index contributed by atoms with van der Waals surface area (Å²) >= 11 is 0. The summed E-state index contributed by atoms with van der Waals surface area (Å²) in [6, 6.07) is 0.882. The zero-order chi connectivity index (χ0) is 59.7. The maximum Gasteiger partial charge on any atom is 0.00953 e. The molecule has 2 bridgehead atoms. The molecule has 5 fully saturated rings. The van der Waals surface area contributed by atoms with Crippen molar-refractivity contribution in [2.24, 2.45) is 68.0 Å². The number of rotatable bonds is 23. The third kappa shape index (κ3) is 50.1. The highest BCUT2D eigenvalue weighted by Gasteiger charge is 2.39. The number of hydrogen-bond acceptors (Lipinski definition) is 4. The molecule has 0 aromatic heterocycles. The Morgan fingerprint density at radius 2 is 0.922 bits per heavy atom. The Morgan fingerprint density at radius 3 is 1.31 bits per heavy atom. The van der Waals surface area contributed by atoms with Gasteiger partial charge in [0, 0.05) is 32.2 Å². The predicted octanol–water partition coefficient (Wildman–Crippen LogP) is 22.3. The molecule has 2 atom stereocenters. The fourth-order valence-electron chi connectivity index (χ4n) is 12.8. The molecule has 0 radical (unpaired) electrons. The molecule has 0 heterocycles. The van der Waals surface area contributed by atoms with E-state index in [4.69, 9.17) is 0 Å². The summed E-state index contributed by atoms with van der Waals surface area (Å²) < 4.78 is 0. The minimum Gasteiger partial charge on any atom is -0.306 e. The van der Waals surface area contributed by atoms with Crippen LogP contribution in [0.2, 0.25) is 0 Å². The van der Waals surface area contributed by atoms with Crippen LogP contribution in [0.5, 0.6) is 0 Å². The lowest BCUT2D eigenvalue weighted by Gasteiger charge is -2.47. The molecule has 0 spiro atoms. The minimum atomic E-state index is 0.450. The summed E-state index contributed by atoms with van der Waals surface area (Å²) in [5.41, 5.74) is 2.92. The van der Waals surface area contributed by atoms with Gasteiger partial charge in [-0.1, -0.05) is 251 Å². The first-order chi connectivity index (χ1) is 35.3. The van der Waals surface area contributed by atoms with Gasteiger partial charge in [-0.15, -0.1) is 0 Å². The Morgan fingerprint density at radius 1 is 0.455 bits per heavy atom. The quantitative estimate of drug-likeness (QED) is 0.101. The summed E-state index contributed by atoms with van der Waals surface area (Å²) in [7, 11) is 2.23. The van der Waals surface area contributed by atoms with Crippen molar-refractivity contribution < 1.29 is 0 Å². The van der Waals surface area contributed by atoms with Crippen molar-refractivity contribution >= 4 is 0 Å². The van der Waals surface area contributed by atoms with E-state index in [-0.39, 0.29) is 0 Å². The Kier molecular flexibility index (Phi) is 42.0. The van der Waals surface area contributed by atoms with Gasteiger partial charge in [0.05, 0.1) is 0 Å². The molecule has 5 rings (SSSR count). The van der Waals surface area contributed by atoms with Crippen molar-refractivity contribution in [1.29, 1.82) is 0 Å².